The van der Waals surface area contributed by atoms with Crippen LogP contribution in [0.15, 0.2) is 16.8 Å². The number of hydrogen-bond acceptors (Lipinski definition) is 2. The molecule has 42 valence electrons. The van der Waals surface area contributed by atoms with Gasteiger partial charge in [0.25, 0.3) is 0 Å². The van der Waals surface area contributed by atoms with Gasteiger partial charge in [-0.15, -0.1) is 0 Å². The van der Waals surface area contributed by atoms with E-state index < -0.39 is 5.97 Å². The lowest BCUT2D eigenvalue weighted by atomic mass is 10.2. The van der Waals surface area contributed by atoms with Crippen molar-refractivity contribution in [2.75, 3.05) is 0 Å². The van der Waals surface area contributed by atoms with Gasteiger partial charge in [0.15, 0.2) is 0 Å². The van der Waals surface area contributed by atoms with Gasteiger partial charge in [0, 0.05) is 18.8 Å². The van der Waals surface area contributed by atoms with Gasteiger partial charge in [-0.25, -0.2) is 4.79 Å². The highest BCUT2D eigenvalue weighted by Gasteiger charge is 2.06. The number of carboxylic acid groups (broad SMARTS) is 1. The van der Waals surface area contributed by atoms with E-state index >= 15 is 0 Å². The summed E-state index contributed by atoms with van der Waals surface area (Å²) in [5.41, 5.74) is 0.366. The van der Waals surface area contributed by atoms with Gasteiger partial charge in [0.2, 0.25) is 0 Å². The minimum atomic E-state index is -0.873. The van der Waals surface area contributed by atoms with E-state index in [1.165, 1.54) is 6.20 Å². The van der Waals surface area contributed by atoms with Gasteiger partial charge >= 0.3 is 5.97 Å². The number of hydrogen-bond donors (Lipinski definition) is 1. The first-order valence-corrected chi connectivity index (χ1v) is 2.24. The summed E-state index contributed by atoms with van der Waals surface area (Å²) in [6, 6.07) is 0. The molecule has 1 aliphatic heterocycles. The van der Waals surface area contributed by atoms with Crippen LogP contribution in [0.2, 0.25) is 0 Å². The van der Waals surface area contributed by atoms with Gasteiger partial charge in [0.05, 0.1) is 5.57 Å². The molecule has 0 bridgehead atoms. The minimum absolute atomic E-state index is 0.366. The Morgan fingerprint density at radius 2 is 2.62 bits per heavy atom. The zero-order chi connectivity index (χ0) is 5.98. The molecule has 0 aliphatic carbocycles. The summed E-state index contributed by atoms with van der Waals surface area (Å²) < 4.78 is 0. The van der Waals surface area contributed by atoms with Crippen molar-refractivity contribution >= 4 is 12.2 Å². The van der Waals surface area contributed by atoms with Gasteiger partial charge in [0.1, 0.15) is 0 Å². The summed E-state index contributed by atoms with van der Waals surface area (Å²) in [5.74, 6) is -0.873. The fraction of sp³-hybridized carbons (Fsp3) is 0.200. The van der Waals surface area contributed by atoms with E-state index in [-0.39, 0.29) is 0 Å². The maximum absolute atomic E-state index is 10.1. The SMILES string of the molecule is O=C(O)C1=CN=CC1. The number of rotatable bonds is 1. The van der Waals surface area contributed by atoms with E-state index in [9.17, 15) is 4.79 Å². The maximum atomic E-state index is 10.1. The molecule has 0 saturated heterocycles. The fourth-order valence-electron chi connectivity index (χ4n) is 0.489. The van der Waals surface area contributed by atoms with E-state index in [2.05, 4.69) is 4.99 Å². The minimum Gasteiger partial charge on any atom is -0.478 e. The highest BCUT2D eigenvalue weighted by atomic mass is 16.4. The molecule has 3 nitrogen and oxygen atoms in total. The van der Waals surface area contributed by atoms with Gasteiger partial charge in [-0.1, -0.05) is 0 Å². The van der Waals surface area contributed by atoms with Crippen LogP contribution in [-0.4, -0.2) is 17.3 Å². The monoisotopic (exact) mass is 111 g/mol. The van der Waals surface area contributed by atoms with E-state index in [0.29, 0.717) is 12.0 Å². The predicted octanol–water partition coefficient (Wildman–Crippen LogP) is 0.429. The normalized spacial score (nSPS) is 16.2. The second-order valence-corrected chi connectivity index (χ2v) is 1.50. The van der Waals surface area contributed by atoms with Crippen molar-refractivity contribution in [3.05, 3.63) is 11.8 Å². The predicted molar refractivity (Wildman–Crippen MR) is 28.8 cm³/mol. The number of aliphatic carboxylic acids is 1. The summed E-state index contributed by atoms with van der Waals surface area (Å²) in [6.07, 6.45) is 3.40. The number of aliphatic imine (C=N–C) groups is 1. The molecule has 0 amide bonds. The molecule has 0 aromatic carbocycles. The first-order valence-electron chi connectivity index (χ1n) is 2.24. The van der Waals surface area contributed by atoms with Gasteiger partial charge in [-0.05, 0) is 0 Å². The van der Waals surface area contributed by atoms with Gasteiger partial charge in [-0.3, -0.25) is 4.99 Å². The maximum Gasteiger partial charge on any atom is 0.333 e. The number of carboxylic acids is 1. The van der Waals surface area contributed by atoms with Gasteiger partial charge < -0.3 is 5.11 Å². The first kappa shape index (κ1) is 5.03. The molecule has 0 unspecified atom stereocenters. The van der Waals surface area contributed by atoms with E-state index in [1.807, 2.05) is 0 Å². The summed E-state index contributed by atoms with van der Waals surface area (Å²) in [7, 11) is 0. The Morgan fingerprint density at radius 3 is 2.88 bits per heavy atom. The molecular formula is C5H5NO2. The van der Waals surface area contributed by atoms with Crippen molar-refractivity contribution in [1.29, 1.82) is 0 Å². The second kappa shape index (κ2) is 1.78. The largest absolute Gasteiger partial charge is 0.478 e. The lowest BCUT2D eigenvalue weighted by Gasteiger charge is -1.85. The first-order chi connectivity index (χ1) is 3.80. The summed E-state index contributed by atoms with van der Waals surface area (Å²) in [6.45, 7) is 0. The van der Waals surface area contributed by atoms with Crippen LogP contribution in [0, 0.1) is 0 Å². The molecular weight excluding hydrogens is 106 g/mol. The molecule has 1 aliphatic rings. The van der Waals surface area contributed by atoms with Crippen molar-refractivity contribution in [1.82, 2.24) is 0 Å². The summed E-state index contributed by atoms with van der Waals surface area (Å²) >= 11 is 0. The third-order valence-corrected chi connectivity index (χ3v) is 0.922. The molecule has 0 fully saturated rings. The van der Waals surface area contributed by atoms with Crippen molar-refractivity contribution in [2.24, 2.45) is 4.99 Å². The van der Waals surface area contributed by atoms with Crippen LogP contribution in [-0.2, 0) is 4.79 Å². The van der Waals surface area contributed by atoms with Crippen LogP contribution in [0.3, 0.4) is 0 Å². The third-order valence-electron chi connectivity index (χ3n) is 0.922. The molecule has 0 saturated carbocycles. The van der Waals surface area contributed by atoms with Crippen LogP contribution in [0.1, 0.15) is 6.42 Å². The average Bonchev–Trinajstić information content (AvgIpc) is 2.12. The third kappa shape index (κ3) is 0.753. The molecule has 0 aromatic heterocycles. The highest BCUT2D eigenvalue weighted by molar-refractivity contribution is 5.92. The molecule has 1 N–H and O–H groups in total. The molecule has 3 heteroatoms. The van der Waals surface area contributed by atoms with Crippen molar-refractivity contribution < 1.29 is 9.90 Å². The molecule has 8 heavy (non-hydrogen) atoms. The molecule has 1 heterocycles. The van der Waals surface area contributed by atoms with E-state index in [0.717, 1.165) is 0 Å². The molecule has 0 atom stereocenters. The average molecular weight is 111 g/mol. The van der Waals surface area contributed by atoms with Crippen LogP contribution in [0.4, 0.5) is 0 Å². The smallest absolute Gasteiger partial charge is 0.333 e. The lowest BCUT2D eigenvalue weighted by Crippen LogP contribution is -1.97. The Labute approximate surface area is 46.4 Å². The zero-order valence-corrected chi connectivity index (χ0v) is 4.16. The molecule has 0 aromatic rings. The standard InChI is InChI=1S/C5H5NO2/c7-5(8)4-1-2-6-3-4/h2-3H,1H2,(H,7,8). The molecule has 0 radical (unpaired) electrons. The molecule has 1 rings (SSSR count). The van der Waals surface area contributed by atoms with E-state index in [4.69, 9.17) is 5.11 Å². The summed E-state index contributed by atoms with van der Waals surface area (Å²) in [4.78, 5) is 13.7. The Balaban J connectivity index is 2.64. The fourth-order valence-corrected chi connectivity index (χ4v) is 0.489. The van der Waals surface area contributed by atoms with Crippen molar-refractivity contribution in [2.45, 2.75) is 6.42 Å². The Hall–Kier alpha value is -1.12. The second-order valence-electron chi connectivity index (χ2n) is 1.50. The Kier molecular flexibility index (Phi) is 1.12. The zero-order valence-electron chi connectivity index (χ0n) is 4.16. The lowest BCUT2D eigenvalue weighted by molar-refractivity contribution is -0.132. The Bertz CT molecular complexity index is 169. The number of carbonyl (C=O) groups is 1. The quantitative estimate of drug-likeness (QED) is 0.533. The summed E-state index contributed by atoms with van der Waals surface area (Å²) in [5, 5.41) is 8.26. The van der Waals surface area contributed by atoms with Crippen LogP contribution in [0.5, 0.6) is 0 Å². The van der Waals surface area contributed by atoms with E-state index in [1.54, 1.807) is 6.21 Å². The van der Waals surface area contributed by atoms with Crippen molar-refractivity contribution in [3.8, 4) is 0 Å². The van der Waals surface area contributed by atoms with Crippen LogP contribution < -0.4 is 0 Å². The Morgan fingerprint density at radius 1 is 1.88 bits per heavy atom. The molecule has 0 spiro atoms. The van der Waals surface area contributed by atoms with Crippen LogP contribution >= 0.6 is 0 Å². The topological polar surface area (TPSA) is 49.7 Å². The highest BCUT2D eigenvalue weighted by Crippen LogP contribution is 2.04. The van der Waals surface area contributed by atoms with Crippen LogP contribution in [0.25, 0.3) is 0 Å². The van der Waals surface area contributed by atoms with Gasteiger partial charge in [-0.2, -0.15) is 0 Å². The van der Waals surface area contributed by atoms with Crippen molar-refractivity contribution in [3.63, 3.8) is 0 Å². The number of nitrogens with zero attached hydrogens (tertiary/aromatic N) is 1.